The van der Waals surface area contributed by atoms with Crippen molar-refractivity contribution in [3.63, 3.8) is 0 Å². The minimum absolute atomic E-state index is 0.128. The molecule has 0 atom stereocenters. The summed E-state index contributed by atoms with van der Waals surface area (Å²) in [6.45, 7) is 2.42. The number of benzene rings is 1. The molecule has 1 amide bonds. The zero-order chi connectivity index (χ0) is 17.1. The Kier molecular flexibility index (Phi) is 4.61. The molecule has 8 heteroatoms. The first-order valence-electron chi connectivity index (χ1n) is 7.25. The number of anilines is 1. The number of aryl methyl sites for hydroxylation is 1. The Hall–Kier alpha value is -2.67. The Morgan fingerprint density at radius 2 is 2.04 bits per heavy atom. The number of nitrogens with one attached hydrogen (secondary N) is 1. The van der Waals surface area contributed by atoms with E-state index in [1.807, 2.05) is 6.92 Å². The Labute approximate surface area is 142 Å². The maximum absolute atomic E-state index is 13.1. The van der Waals surface area contributed by atoms with E-state index in [0.29, 0.717) is 17.3 Å². The van der Waals surface area contributed by atoms with E-state index < -0.39 is 0 Å². The molecule has 2 heterocycles. The summed E-state index contributed by atoms with van der Waals surface area (Å²) in [5.41, 5.74) is 2.31. The van der Waals surface area contributed by atoms with Crippen molar-refractivity contribution in [1.29, 1.82) is 0 Å². The fourth-order valence-corrected chi connectivity index (χ4v) is 2.47. The summed E-state index contributed by atoms with van der Waals surface area (Å²) in [6.07, 6.45) is 6.72. The normalized spacial score (nSPS) is 10.8. The smallest absolute Gasteiger partial charge is 0.246 e. The highest BCUT2D eigenvalue weighted by molar-refractivity contribution is 6.31. The monoisotopic (exact) mass is 347 g/mol. The highest BCUT2D eigenvalue weighted by atomic mass is 35.5. The molecule has 2 aromatic heterocycles. The van der Waals surface area contributed by atoms with E-state index in [1.54, 1.807) is 40.2 Å². The van der Waals surface area contributed by atoms with Crippen LogP contribution in [0.25, 0.3) is 0 Å². The zero-order valence-electron chi connectivity index (χ0n) is 12.9. The molecule has 0 aliphatic rings. The average Bonchev–Trinajstić information content (AvgIpc) is 3.11. The lowest BCUT2D eigenvalue weighted by Crippen LogP contribution is -2.18. The fraction of sp³-hybridized carbons (Fsp3) is 0.188. The first kappa shape index (κ1) is 16.2. The molecule has 1 aromatic carbocycles. The minimum Gasteiger partial charge on any atom is -0.322 e. The van der Waals surface area contributed by atoms with Gasteiger partial charge in [0.05, 0.1) is 24.6 Å². The van der Waals surface area contributed by atoms with E-state index in [2.05, 4.69) is 15.5 Å². The molecule has 0 aliphatic heterocycles. The molecule has 0 radical (unpaired) electrons. The van der Waals surface area contributed by atoms with Crippen LogP contribution in [0.2, 0.25) is 5.02 Å². The highest BCUT2D eigenvalue weighted by Gasteiger charge is 2.08. The number of carbonyl (C=O) groups is 1. The third-order valence-electron chi connectivity index (χ3n) is 3.33. The maximum Gasteiger partial charge on any atom is 0.246 e. The molecule has 0 bridgehead atoms. The van der Waals surface area contributed by atoms with E-state index in [0.717, 1.165) is 11.1 Å². The summed E-state index contributed by atoms with van der Waals surface area (Å²) >= 11 is 6.00. The number of hydrogen-bond donors (Lipinski definition) is 1. The SMILES string of the molecule is Cc1cnn(CC(=O)Nc2cnn(Cc3ccc(F)cc3Cl)c2)c1. The van der Waals surface area contributed by atoms with Gasteiger partial charge in [-0.05, 0) is 30.2 Å². The van der Waals surface area contributed by atoms with Crippen LogP contribution in [0.4, 0.5) is 10.1 Å². The van der Waals surface area contributed by atoms with Crippen molar-refractivity contribution >= 4 is 23.2 Å². The lowest BCUT2D eigenvalue weighted by molar-refractivity contribution is -0.116. The molecule has 0 saturated carbocycles. The summed E-state index contributed by atoms with van der Waals surface area (Å²) in [4.78, 5) is 12.0. The van der Waals surface area contributed by atoms with E-state index in [9.17, 15) is 9.18 Å². The average molecular weight is 348 g/mol. The standard InChI is InChI=1S/C16H15ClFN5O/c1-11-5-19-22(7-11)10-16(24)21-14-6-20-23(9-14)8-12-2-3-13(18)4-15(12)17/h2-7,9H,8,10H2,1H3,(H,21,24). The topological polar surface area (TPSA) is 64.7 Å². The fourth-order valence-electron chi connectivity index (χ4n) is 2.24. The molecule has 0 fully saturated rings. The number of aromatic nitrogens is 4. The summed E-state index contributed by atoms with van der Waals surface area (Å²) < 4.78 is 16.2. The molecule has 3 rings (SSSR count). The molecule has 3 aromatic rings. The van der Waals surface area contributed by atoms with Gasteiger partial charge in [0.25, 0.3) is 0 Å². The summed E-state index contributed by atoms with van der Waals surface area (Å²) in [7, 11) is 0. The molecule has 0 spiro atoms. The first-order chi connectivity index (χ1) is 11.5. The summed E-state index contributed by atoms with van der Waals surface area (Å²) in [5, 5.41) is 11.3. The second-order valence-corrected chi connectivity index (χ2v) is 5.83. The van der Waals surface area contributed by atoms with Gasteiger partial charge in [-0.3, -0.25) is 14.2 Å². The number of rotatable bonds is 5. The van der Waals surface area contributed by atoms with Crippen molar-refractivity contribution in [2.75, 3.05) is 5.32 Å². The lowest BCUT2D eigenvalue weighted by Gasteiger charge is -2.05. The highest BCUT2D eigenvalue weighted by Crippen LogP contribution is 2.18. The van der Waals surface area contributed by atoms with Crippen LogP contribution >= 0.6 is 11.6 Å². The van der Waals surface area contributed by atoms with Gasteiger partial charge in [0.2, 0.25) is 5.91 Å². The van der Waals surface area contributed by atoms with Gasteiger partial charge < -0.3 is 5.32 Å². The number of nitrogens with zero attached hydrogens (tertiary/aromatic N) is 4. The number of amides is 1. The Bertz CT molecular complexity index is 873. The Balaban J connectivity index is 1.61. The third kappa shape index (κ3) is 3.99. The van der Waals surface area contributed by atoms with Gasteiger partial charge in [-0.15, -0.1) is 0 Å². The van der Waals surface area contributed by atoms with Crippen molar-refractivity contribution in [3.8, 4) is 0 Å². The van der Waals surface area contributed by atoms with Crippen molar-refractivity contribution in [2.45, 2.75) is 20.0 Å². The van der Waals surface area contributed by atoms with Crippen LogP contribution in [0.5, 0.6) is 0 Å². The van der Waals surface area contributed by atoms with E-state index in [-0.39, 0.29) is 18.3 Å². The van der Waals surface area contributed by atoms with Crippen LogP contribution in [-0.4, -0.2) is 25.5 Å². The van der Waals surface area contributed by atoms with Gasteiger partial charge in [-0.2, -0.15) is 10.2 Å². The van der Waals surface area contributed by atoms with Crippen LogP contribution in [0.1, 0.15) is 11.1 Å². The van der Waals surface area contributed by atoms with Gasteiger partial charge in [0.1, 0.15) is 12.4 Å². The molecule has 24 heavy (non-hydrogen) atoms. The number of carbonyl (C=O) groups excluding carboxylic acids is 1. The lowest BCUT2D eigenvalue weighted by atomic mass is 10.2. The molecule has 1 N–H and O–H groups in total. The second kappa shape index (κ2) is 6.84. The van der Waals surface area contributed by atoms with Crippen LogP contribution in [-0.2, 0) is 17.9 Å². The van der Waals surface area contributed by atoms with E-state index in [4.69, 9.17) is 11.6 Å². The molecular formula is C16H15ClFN5O. The molecule has 124 valence electrons. The number of halogens is 2. The van der Waals surface area contributed by atoms with Crippen molar-refractivity contribution < 1.29 is 9.18 Å². The Morgan fingerprint density at radius 1 is 1.25 bits per heavy atom. The molecule has 0 unspecified atom stereocenters. The van der Waals surface area contributed by atoms with Gasteiger partial charge >= 0.3 is 0 Å². The second-order valence-electron chi connectivity index (χ2n) is 5.43. The van der Waals surface area contributed by atoms with Crippen LogP contribution in [0.15, 0.2) is 43.0 Å². The molecule has 0 aliphatic carbocycles. The van der Waals surface area contributed by atoms with Gasteiger partial charge in [0, 0.05) is 17.4 Å². The third-order valence-corrected chi connectivity index (χ3v) is 3.68. The van der Waals surface area contributed by atoms with E-state index in [1.165, 1.54) is 12.1 Å². The molecular weight excluding hydrogens is 333 g/mol. The largest absolute Gasteiger partial charge is 0.322 e. The van der Waals surface area contributed by atoms with Crippen molar-refractivity contribution in [1.82, 2.24) is 19.6 Å². The van der Waals surface area contributed by atoms with Crippen LogP contribution in [0, 0.1) is 12.7 Å². The van der Waals surface area contributed by atoms with Crippen molar-refractivity contribution in [3.05, 3.63) is 65.0 Å². The number of hydrogen-bond acceptors (Lipinski definition) is 3. The van der Waals surface area contributed by atoms with Gasteiger partial charge in [0.15, 0.2) is 0 Å². The maximum atomic E-state index is 13.1. The summed E-state index contributed by atoms with van der Waals surface area (Å²) in [6, 6.07) is 4.21. The Morgan fingerprint density at radius 3 is 2.75 bits per heavy atom. The predicted octanol–water partition coefficient (Wildman–Crippen LogP) is 2.87. The van der Waals surface area contributed by atoms with Crippen molar-refractivity contribution in [2.24, 2.45) is 0 Å². The quantitative estimate of drug-likeness (QED) is 0.771. The van der Waals surface area contributed by atoms with Crippen LogP contribution < -0.4 is 5.32 Å². The minimum atomic E-state index is -0.383. The molecule has 6 nitrogen and oxygen atoms in total. The zero-order valence-corrected chi connectivity index (χ0v) is 13.7. The molecule has 0 saturated heterocycles. The van der Waals surface area contributed by atoms with Gasteiger partial charge in [-0.1, -0.05) is 17.7 Å². The first-order valence-corrected chi connectivity index (χ1v) is 7.63. The van der Waals surface area contributed by atoms with Crippen LogP contribution in [0.3, 0.4) is 0 Å². The summed E-state index contributed by atoms with van der Waals surface area (Å²) in [5.74, 6) is -0.580. The predicted molar refractivity (Wildman–Crippen MR) is 88.3 cm³/mol. The van der Waals surface area contributed by atoms with E-state index >= 15 is 0 Å². The van der Waals surface area contributed by atoms with Gasteiger partial charge in [-0.25, -0.2) is 4.39 Å².